The minimum atomic E-state index is -5.06. The highest BCUT2D eigenvalue weighted by Gasteiger charge is 2.57. The van der Waals surface area contributed by atoms with Crippen molar-refractivity contribution in [3.05, 3.63) is 112 Å². The number of piperidine rings is 1. The minimum Gasteiger partial charge on any atom is -0.493 e. The third kappa shape index (κ3) is 9.96. The van der Waals surface area contributed by atoms with E-state index in [1.165, 1.54) is 43.2 Å². The SMILES string of the molecule is C=CC(=O)O.COc1cc(/C=C/C(=O)O)cc(OC)c1OCC1CCN(CC(O)(c2cn(Cc3ccccc3)c3cc([N+](=O)[O-])ccc23)C(F)(F)F)CC1. The summed E-state index contributed by atoms with van der Waals surface area (Å²) in [6.45, 7) is 3.12. The van der Waals surface area contributed by atoms with Crippen LogP contribution in [0.4, 0.5) is 18.9 Å². The van der Waals surface area contributed by atoms with Crippen molar-refractivity contribution in [1.82, 2.24) is 9.47 Å². The van der Waals surface area contributed by atoms with E-state index in [-0.39, 0.29) is 54.3 Å². The summed E-state index contributed by atoms with van der Waals surface area (Å²) in [5.74, 6) is -1.14. The molecule has 1 aliphatic rings. The number of methoxy groups -OCH3 is 2. The van der Waals surface area contributed by atoms with Crippen LogP contribution in [0.2, 0.25) is 0 Å². The number of carboxylic acid groups (broad SMARTS) is 2. The highest BCUT2D eigenvalue weighted by molar-refractivity contribution is 5.87. The minimum absolute atomic E-state index is 0.0236. The predicted molar refractivity (Wildman–Crippen MR) is 193 cm³/mol. The zero-order chi connectivity index (χ0) is 39.6. The van der Waals surface area contributed by atoms with Gasteiger partial charge in [-0.25, -0.2) is 9.59 Å². The number of β-amino-alcohol motifs (C(OH)–C–C–N with tert-alkyl or cyclic N) is 1. The second kappa shape index (κ2) is 17.8. The van der Waals surface area contributed by atoms with Gasteiger partial charge in [0, 0.05) is 54.5 Å². The number of ether oxygens (including phenoxy) is 3. The van der Waals surface area contributed by atoms with Gasteiger partial charge in [0.05, 0.1) is 31.3 Å². The lowest BCUT2D eigenvalue weighted by molar-refractivity contribution is -0.384. The number of nitrogens with zero attached hydrogens (tertiary/aromatic N) is 3. The van der Waals surface area contributed by atoms with Crippen LogP contribution < -0.4 is 14.2 Å². The van der Waals surface area contributed by atoms with Crippen LogP contribution >= 0.6 is 0 Å². The average molecular weight is 756 g/mol. The average Bonchev–Trinajstić information content (AvgIpc) is 3.51. The molecule has 0 bridgehead atoms. The number of likely N-dealkylation sites (tertiary alicyclic amines) is 1. The molecule has 54 heavy (non-hydrogen) atoms. The number of fused-ring (bicyclic) bond motifs is 1. The fourth-order valence-corrected chi connectivity index (χ4v) is 6.10. The van der Waals surface area contributed by atoms with E-state index in [4.69, 9.17) is 24.4 Å². The number of rotatable bonds is 14. The van der Waals surface area contributed by atoms with Crippen molar-refractivity contribution in [2.75, 3.05) is 40.5 Å². The number of nitro groups is 1. The van der Waals surface area contributed by atoms with Gasteiger partial charge in [0.2, 0.25) is 11.4 Å². The number of benzene rings is 3. The molecule has 2 heterocycles. The van der Waals surface area contributed by atoms with E-state index in [1.807, 2.05) is 0 Å². The van der Waals surface area contributed by atoms with Crippen molar-refractivity contribution in [2.24, 2.45) is 5.92 Å². The second-order valence-electron chi connectivity index (χ2n) is 12.5. The fourth-order valence-electron chi connectivity index (χ4n) is 6.10. The van der Waals surface area contributed by atoms with Crippen molar-refractivity contribution in [3.63, 3.8) is 0 Å². The number of hydrogen-bond donors (Lipinski definition) is 3. The molecule has 1 unspecified atom stereocenters. The van der Waals surface area contributed by atoms with Crippen LogP contribution in [0.1, 0.15) is 29.5 Å². The molecule has 3 N–H and O–H groups in total. The number of nitro benzene ring substituents is 1. The zero-order valence-corrected chi connectivity index (χ0v) is 29.5. The monoisotopic (exact) mass is 755 g/mol. The Labute approximate surface area is 308 Å². The van der Waals surface area contributed by atoms with Gasteiger partial charge in [-0.3, -0.25) is 15.0 Å². The van der Waals surface area contributed by atoms with E-state index in [9.17, 15) is 38.0 Å². The Morgan fingerprint density at radius 3 is 2.13 bits per heavy atom. The van der Waals surface area contributed by atoms with E-state index in [2.05, 4.69) is 6.58 Å². The molecule has 1 aliphatic heterocycles. The Morgan fingerprint density at radius 1 is 1.00 bits per heavy atom. The molecule has 0 aliphatic carbocycles. The zero-order valence-electron chi connectivity index (χ0n) is 29.5. The number of alkyl halides is 3. The molecule has 0 saturated carbocycles. The highest BCUT2D eigenvalue weighted by atomic mass is 19.4. The summed E-state index contributed by atoms with van der Waals surface area (Å²) in [6.07, 6.45) is 0.371. The highest BCUT2D eigenvalue weighted by Crippen LogP contribution is 2.45. The summed E-state index contributed by atoms with van der Waals surface area (Å²) >= 11 is 0. The number of aliphatic carboxylic acids is 2. The van der Waals surface area contributed by atoms with Gasteiger partial charge in [0.1, 0.15) is 0 Å². The molecular formula is C38H40F3N3O10. The van der Waals surface area contributed by atoms with Crippen LogP contribution in [0.15, 0.2) is 85.6 Å². The summed E-state index contributed by atoms with van der Waals surface area (Å²) < 4.78 is 63.1. The number of non-ortho nitro benzene ring substituents is 1. The topological polar surface area (TPSA) is 174 Å². The Hall–Kier alpha value is -5.87. The van der Waals surface area contributed by atoms with Crippen LogP contribution in [0.3, 0.4) is 0 Å². The third-order valence-electron chi connectivity index (χ3n) is 8.89. The lowest BCUT2D eigenvalue weighted by Crippen LogP contribution is -2.52. The van der Waals surface area contributed by atoms with Gasteiger partial charge >= 0.3 is 18.1 Å². The molecule has 0 radical (unpaired) electrons. The van der Waals surface area contributed by atoms with Gasteiger partial charge in [-0.1, -0.05) is 36.9 Å². The van der Waals surface area contributed by atoms with Crippen molar-refractivity contribution in [1.29, 1.82) is 0 Å². The molecule has 1 saturated heterocycles. The van der Waals surface area contributed by atoms with Crippen molar-refractivity contribution < 1.29 is 57.2 Å². The Bertz CT molecular complexity index is 1960. The van der Waals surface area contributed by atoms with Crippen LogP contribution in [0.5, 0.6) is 17.2 Å². The molecule has 3 aromatic carbocycles. The van der Waals surface area contributed by atoms with E-state index in [0.717, 1.165) is 23.8 Å². The number of carboxylic acids is 2. The van der Waals surface area contributed by atoms with Gasteiger partial charge in [-0.15, -0.1) is 0 Å². The molecule has 1 atom stereocenters. The number of hydrogen-bond acceptors (Lipinski definition) is 9. The summed E-state index contributed by atoms with van der Waals surface area (Å²) in [5, 5.41) is 39.7. The smallest absolute Gasteiger partial charge is 0.422 e. The number of carbonyl (C=O) groups is 2. The van der Waals surface area contributed by atoms with E-state index >= 15 is 0 Å². The predicted octanol–water partition coefficient (Wildman–Crippen LogP) is 6.51. The molecule has 5 rings (SSSR count). The van der Waals surface area contributed by atoms with E-state index in [1.54, 1.807) is 47.4 Å². The summed E-state index contributed by atoms with van der Waals surface area (Å²) in [7, 11) is 2.87. The van der Waals surface area contributed by atoms with Crippen molar-refractivity contribution in [3.8, 4) is 17.2 Å². The molecule has 4 aromatic rings. The Morgan fingerprint density at radius 2 is 1.61 bits per heavy atom. The first-order valence-corrected chi connectivity index (χ1v) is 16.6. The Kier molecular flexibility index (Phi) is 13.5. The molecular weight excluding hydrogens is 715 g/mol. The van der Waals surface area contributed by atoms with Gasteiger partial charge in [-0.05, 0) is 67.3 Å². The first kappa shape index (κ1) is 40.9. The second-order valence-corrected chi connectivity index (χ2v) is 12.5. The van der Waals surface area contributed by atoms with Gasteiger partial charge in [0.15, 0.2) is 11.5 Å². The molecule has 0 spiro atoms. The summed E-state index contributed by atoms with van der Waals surface area (Å²) in [6, 6.07) is 15.8. The number of aliphatic hydroxyl groups is 1. The van der Waals surface area contributed by atoms with Crippen LogP contribution in [-0.4, -0.2) is 88.3 Å². The van der Waals surface area contributed by atoms with Crippen LogP contribution in [0, 0.1) is 16.0 Å². The number of aromatic nitrogens is 1. The van der Waals surface area contributed by atoms with Crippen LogP contribution in [0.25, 0.3) is 17.0 Å². The maximum absolute atomic E-state index is 14.9. The maximum Gasteiger partial charge on any atom is 0.422 e. The molecule has 288 valence electrons. The standard InChI is InChI=1S/C35H36F3N3O8.C3H4O2/c1-47-30-16-25(8-11-32(42)43)17-31(48-2)33(30)49-21-24-12-14-39(15-13-24)22-34(44,35(36,37)38)28-20-40(19-23-6-4-3-5-7-23)29-18-26(41(45)46)9-10-27(28)29;1-2-3(4)5/h3-11,16-18,20,24,44H,12-15,19,21-22H2,1-2H3,(H,42,43);2H,1H2,(H,4,5)/b11-8+;. The van der Waals surface area contributed by atoms with E-state index < -0.39 is 35.2 Å². The maximum atomic E-state index is 14.9. The molecule has 0 amide bonds. The Balaban J connectivity index is 0.00000122. The molecule has 1 fully saturated rings. The fraction of sp³-hybridized carbons (Fsp3) is 0.316. The summed E-state index contributed by atoms with van der Waals surface area (Å²) in [4.78, 5) is 32.7. The molecule has 1 aromatic heterocycles. The largest absolute Gasteiger partial charge is 0.493 e. The quantitative estimate of drug-likeness (QED) is 0.0727. The van der Waals surface area contributed by atoms with Crippen molar-refractivity contribution >= 4 is 34.6 Å². The van der Waals surface area contributed by atoms with Crippen LogP contribution in [-0.2, 0) is 21.7 Å². The lowest BCUT2D eigenvalue weighted by Gasteiger charge is -2.39. The first-order chi connectivity index (χ1) is 25.6. The lowest BCUT2D eigenvalue weighted by atomic mass is 9.90. The van der Waals surface area contributed by atoms with Gasteiger partial charge < -0.3 is 34.1 Å². The normalized spacial score (nSPS) is 14.9. The van der Waals surface area contributed by atoms with Gasteiger partial charge in [0.25, 0.3) is 5.69 Å². The molecule has 13 nitrogen and oxygen atoms in total. The first-order valence-electron chi connectivity index (χ1n) is 16.6. The van der Waals surface area contributed by atoms with Gasteiger partial charge in [-0.2, -0.15) is 13.2 Å². The molecule has 16 heteroatoms. The van der Waals surface area contributed by atoms with Crippen molar-refractivity contribution in [2.45, 2.75) is 31.2 Å². The van der Waals surface area contributed by atoms with E-state index in [0.29, 0.717) is 35.7 Å². The third-order valence-corrected chi connectivity index (χ3v) is 8.89. The number of halogens is 3. The summed E-state index contributed by atoms with van der Waals surface area (Å²) in [5.41, 5.74) is -2.39.